The van der Waals surface area contributed by atoms with Crippen LogP contribution in [-0.4, -0.2) is 17.4 Å². The molecule has 1 amide bonds. The van der Waals surface area contributed by atoms with Crippen LogP contribution in [0.1, 0.15) is 33.5 Å². The maximum absolute atomic E-state index is 12.3. The molecule has 5 heteroatoms. The summed E-state index contributed by atoms with van der Waals surface area (Å²) in [5, 5.41) is 15.2. The molecular weight excluding hydrogens is 300 g/mol. The van der Waals surface area contributed by atoms with Gasteiger partial charge in [0.15, 0.2) is 0 Å². The highest BCUT2D eigenvalue weighted by molar-refractivity contribution is 5.95. The van der Waals surface area contributed by atoms with E-state index in [-0.39, 0.29) is 12.5 Å². The normalized spacial score (nSPS) is 10.2. The monoisotopic (exact) mass is 322 g/mol. The molecule has 0 spiro atoms. The summed E-state index contributed by atoms with van der Waals surface area (Å²) in [6, 6.07) is 8.06. The zero-order chi connectivity index (χ0) is 17.9. The zero-order valence-electron chi connectivity index (χ0n) is 14.7. The number of anilines is 2. The molecule has 24 heavy (non-hydrogen) atoms. The van der Waals surface area contributed by atoms with Crippen molar-refractivity contribution >= 4 is 17.4 Å². The fourth-order valence-corrected chi connectivity index (χ4v) is 2.83. The molecule has 1 heterocycles. The van der Waals surface area contributed by atoms with Gasteiger partial charge in [0.1, 0.15) is 11.9 Å². The lowest BCUT2D eigenvalue weighted by Crippen LogP contribution is -2.23. The summed E-state index contributed by atoms with van der Waals surface area (Å²) in [6.07, 6.45) is 0. The van der Waals surface area contributed by atoms with E-state index < -0.39 is 0 Å². The van der Waals surface area contributed by atoms with E-state index in [1.165, 1.54) is 5.56 Å². The molecule has 124 valence electrons. The number of benzene rings is 1. The Balaban J connectivity index is 2.12. The first-order valence-corrected chi connectivity index (χ1v) is 7.81. The summed E-state index contributed by atoms with van der Waals surface area (Å²) >= 11 is 0. The lowest BCUT2D eigenvalue weighted by molar-refractivity contribution is -0.114. The van der Waals surface area contributed by atoms with E-state index in [9.17, 15) is 10.1 Å². The second-order valence-electron chi connectivity index (χ2n) is 6.09. The van der Waals surface area contributed by atoms with Gasteiger partial charge < -0.3 is 10.6 Å². The molecule has 2 rings (SSSR count). The zero-order valence-corrected chi connectivity index (χ0v) is 14.7. The predicted molar refractivity (Wildman–Crippen MR) is 96.2 cm³/mol. The number of nitrogens with zero attached hydrogens (tertiary/aromatic N) is 2. The molecular formula is C19H22N4O. The lowest BCUT2D eigenvalue weighted by atomic mass is 10.1. The topological polar surface area (TPSA) is 77.8 Å². The molecule has 0 aliphatic heterocycles. The number of nitriles is 1. The molecule has 2 N–H and O–H groups in total. The van der Waals surface area contributed by atoms with Crippen molar-refractivity contribution in [1.29, 1.82) is 5.26 Å². The highest BCUT2D eigenvalue weighted by Gasteiger charge is 2.12. The number of aromatic nitrogens is 1. The summed E-state index contributed by atoms with van der Waals surface area (Å²) in [6.45, 7) is 9.75. The third-order valence-corrected chi connectivity index (χ3v) is 3.81. The molecule has 0 aliphatic rings. The number of carbonyl (C=O) groups excluding carboxylic acids is 1. The maximum Gasteiger partial charge on any atom is 0.243 e. The van der Waals surface area contributed by atoms with Crippen LogP contribution in [-0.2, 0) is 4.79 Å². The van der Waals surface area contributed by atoms with E-state index in [0.29, 0.717) is 11.4 Å². The van der Waals surface area contributed by atoms with E-state index in [1.807, 2.05) is 52.8 Å². The number of aryl methyl sites for hydroxylation is 5. The first kappa shape index (κ1) is 17.5. The van der Waals surface area contributed by atoms with Crippen LogP contribution < -0.4 is 10.6 Å². The molecule has 0 fully saturated rings. The average molecular weight is 322 g/mol. The Morgan fingerprint density at radius 2 is 1.71 bits per heavy atom. The van der Waals surface area contributed by atoms with Crippen molar-refractivity contribution < 1.29 is 4.79 Å². The maximum atomic E-state index is 12.3. The molecule has 0 saturated heterocycles. The van der Waals surface area contributed by atoms with E-state index in [0.717, 1.165) is 28.1 Å². The highest BCUT2D eigenvalue weighted by Crippen LogP contribution is 2.22. The predicted octanol–water partition coefficient (Wildman–Crippen LogP) is 3.55. The SMILES string of the molecule is Cc1cc(C)c(NC(=O)CNc2nc(C)cc(C)c2C#N)c(C)c1. The van der Waals surface area contributed by atoms with Crippen molar-refractivity contribution in [2.24, 2.45) is 0 Å². The Bertz CT molecular complexity index is 811. The van der Waals surface area contributed by atoms with Crippen LogP contribution in [0, 0.1) is 45.9 Å². The molecule has 0 unspecified atom stereocenters. The molecule has 1 aromatic carbocycles. The quantitative estimate of drug-likeness (QED) is 0.902. The molecule has 0 saturated carbocycles. The van der Waals surface area contributed by atoms with Gasteiger partial charge in [-0.3, -0.25) is 4.79 Å². The van der Waals surface area contributed by atoms with E-state index in [2.05, 4.69) is 21.7 Å². The number of pyridine rings is 1. The van der Waals surface area contributed by atoms with Crippen molar-refractivity contribution in [2.45, 2.75) is 34.6 Å². The summed E-state index contributed by atoms with van der Waals surface area (Å²) in [4.78, 5) is 16.6. The van der Waals surface area contributed by atoms with Crippen molar-refractivity contribution in [3.8, 4) is 6.07 Å². The van der Waals surface area contributed by atoms with E-state index >= 15 is 0 Å². The summed E-state index contributed by atoms with van der Waals surface area (Å²) < 4.78 is 0. The smallest absolute Gasteiger partial charge is 0.243 e. The number of nitrogens with one attached hydrogen (secondary N) is 2. The van der Waals surface area contributed by atoms with Crippen molar-refractivity contribution in [3.63, 3.8) is 0 Å². The average Bonchev–Trinajstić information content (AvgIpc) is 2.48. The molecule has 1 aromatic heterocycles. The molecule has 2 aromatic rings. The van der Waals surface area contributed by atoms with E-state index in [1.54, 1.807) is 0 Å². The van der Waals surface area contributed by atoms with Crippen LogP contribution in [0.5, 0.6) is 0 Å². The summed E-state index contributed by atoms with van der Waals surface area (Å²) in [7, 11) is 0. The van der Waals surface area contributed by atoms with Crippen LogP contribution >= 0.6 is 0 Å². The first-order valence-electron chi connectivity index (χ1n) is 7.81. The van der Waals surface area contributed by atoms with Crippen LogP contribution in [0.3, 0.4) is 0 Å². The van der Waals surface area contributed by atoms with Crippen molar-refractivity contribution in [3.05, 3.63) is 51.7 Å². The number of rotatable bonds is 4. The fraction of sp³-hybridized carbons (Fsp3) is 0.316. The molecule has 0 aliphatic carbocycles. The Labute approximate surface area is 142 Å². The Morgan fingerprint density at radius 1 is 1.08 bits per heavy atom. The number of amides is 1. The standard InChI is InChI=1S/C19H22N4O/c1-11-6-13(3)18(14(4)7-11)23-17(24)10-21-19-16(9-20)12(2)8-15(5)22-19/h6-8H,10H2,1-5H3,(H,21,22)(H,23,24). The van der Waals surface area contributed by atoms with Crippen LogP contribution in [0.2, 0.25) is 0 Å². The third kappa shape index (κ3) is 3.90. The first-order chi connectivity index (χ1) is 11.3. The van der Waals surface area contributed by atoms with Crippen molar-refractivity contribution in [1.82, 2.24) is 4.98 Å². The number of carbonyl (C=O) groups is 1. The largest absolute Gasteiger partial charge is 0.360 e. The Morgan fingerprint density at radius 3 is 2.29 bits per heavy atom. The third-order valence-electron chi connectivity index (χ3n) is 3.81. The minimum atomic E-state index is -0.171. The summed E-state index contributed by atoms with van der Waals surface area (Å²) in [5.74, 6) is 0.275. The minimum Gasteiger partial charge on any atom is -0.360 e. The van der Waals surface area contributed by atoms with Gasteiger partial charge in [-0.05, 0) is 57.4 Å². The molecule has 5 nitrogen and oxygen atoms in total. The van der Waals surface area contributed by atoms with Crippen LogP contribution in [0.4, 0.5) is 11.5 Å². The van der Waals surface area contributed by atoms with Gasteiger partial charge in [0.05, 0.1) is 12.1 Å². The van der Waals surface area contributed by atoms with Gasteiger partial charge >= 0.3 is 0 Å². The van der Waals surface area contributed by atoms with Crippen molar-refractivity contribution in [2.75, 3.05) is 17.2 Å². The molecule has 0 atom stereocenters. The Kier molecular flexibility index (Phi) is 5.20. The van der Waals surface area contributed by atoms with Gasteiger partial charge in [0.25, 0.3) is 0 Å². The molecule has 0 radical (unpaired) electrons. The second-order valence-corrected chi connectivity index (χ2v) is 6.09. The summed E-state index contributed by atoms with van der Waals surface area (Å²) in [5.41, 5.74) is 6.18. The van der Waals surface area contributed by atoms with Crippen LogP contribution in [0.15, 0.2) is 18.2 Å². The minimum absolute atomic E-state index is 0.0529. The number of hydrogen-bond acceptors (Lipinski definition) is 4. The highest BCUT2D eigenvalue weighted by atomic mass is 16.1. The van der Waals surface area contributed by atoms with Gasteiger partial charge in [-0.15, -0.1) is 0 Å². The van der Waals surface area contributed by atoms with Gasteiger partial charge in [-0.25, -0.2) is 4.98 Å². The molecule has 0 bridgehead atoms. The number of hydrogen-bond donors (Lipinski definition) is 2. The Hall–Kier alpha value is -2.87. The second kappa shape index (κ2) is 7.14. The lowest BCUT2D eigenvalue weighted by Gasteiger charge is -2.14. The van der Waals surface area contributed by atoms with E-state index in [4.69, 9.17) is 0 Å². The van der Waals surface area contributed by atoms with Gasteiger partial charge in [-0.1, -0.05) is 17.7 Å². The van der Waals surface area contributed by atoms with Crippen LogP contribution in [0.25, 0.3) is 0 Å². The fourth-order valence-electron chi connectivity index (χ4n) is 2.83. The van der Waals surface area contributed by atoms with Gasteiger partial charge in [0, 0.05) is 11.4 Å². The van der Waals surface area contributed by atoms with Gasteiger partial charge in [-0.2, -0.15) is 5.26 Å². The van der Waals surface area contributed by atoms with Gasteiger partial charge in [0.2, 0.25) is 5.91 Å².